The Bertz CT molecular complexity index is 377. The van der Waals surface area contributed by atoms with Gasteiger partial charge in [0.25, 0.3) is 0 Å². The highest BCUT2D eigenvalue weighted by molar-refractivity contribution is 5.66. The van der Waals surface area contributed by atoms with Gasteiger partial charge in [0.1, 0.15) is 0 Å². The molecule has 0 unspecified atom stereocenters. The van der Waals surface area contributed by atoms with Gasteiger partial charge < -0.3 is 0 Å². The SMILES string of the molecule is [CH]c1c(N=C=O)cccc1N=C=O. The molecule has 62 valence electrons. The van der Waals surface area contributed by atoms with Gasteiger partial charge in [-0.3, -0.25) is 0 Å². The fourth-order valence-corrected chi connectivity index (χ4v) is 0.835. The Labute approximate surface area is 74.6 Å². The van der Waals surface area contributed by atoms with Crippen LogP contribution in [0.4, 0.5) is 11.4 Å². The molecule has 0 saturated carbocycles. The van der Waals surface area contributed by atoms with Crippen LogP contribution in [0, 0.1) is 6.92 Å². The maximum Gasteiger partial charge on any atom is 0.240 e. The lowest BCUT2D eigenvalue weighted by molar-refractivity contribution is 0.565. The van der Waals surface area contributed by atoms with Crippen LogP contribution in [0.3, 0.4) is 0 Å². The van der Waals surface area contributed by atoms with Gasteiger partial charge in [-0.15, -0.1) is 0 Å². The third-order valence-electron chi connectivity index (χ3n) is 1.39. The van der Waals surface area contributed by atoms with Gasteiger partial charge in [0.05, 0.1) is 11.4 Å². The number of hydrogen-bond donors (Lipinski definition) is 0. The van der Waals surface area contributed by atoms with E-state index in [2.05, 4.69) is 9.98 Å². The molecular formula is C9H4N2O2. The summed E-state index contributed by atoms with van der Waals surface area (Å²) in [6.45, 7) is 5.51. The number of nitrogens with zero attached hydrogens (tertiary/aromatic N) is 2. The predicted molar refractivity (Wildman–Crippen MR) is 45.4 cm³/mol. The molecule has 0 atom stereocenters. The smallest absolute Gasteiger partial charge is 0.211 e. The molecule has 4 nitrogen and oxygen atoms in total. The molecule has 0 aliphatic heterocycles. The van der Waals surface area contributed by atoms with Crippen LogP contribution in [0.1, 0.15) is 5.56 Å². The summed E-state index contributed by atoms with van der Waals surface area (Å²) >= 11 is 0. The highest BCUT2D eigenvalue weighted by atomic mass is 16.1. The minimum absolute atomic E-state index is 0.161. The molecule has 1 aromatic carbocycles. The Morgan fingerprint density at radius 1 is 1.08 bits per heavy atom. The average molecular weight is 172 g/mol. The quantitative estimate of drug-likeness (QED) is 0.503. The van der Waals surface area contributed by atoms with Crippen molar-refractivity contribution in [2.45, 2.75) is 0 Å². The Balaban J connectivity index is 3.33. The Kier molecular flexibility index (Phi) is 2.87. The normalized spacial score (nSPS) is 8.38. The van der Waals surface area contributed by atoms with Crippen molar-refractivity contribution in [3.8, 4) is 0 Å². The van der Waals surface area contributed by atoms with E-state index >= 15 is 0 Å². The molecule has 0 fully saturated rings. The Hall–Kier alpha value is -2.02. The van der Waals surface area contributed by atoms with Crippen molar-refractivity contribution in [3.63, 3.8) is 0 Å². The van der Waals surface area contributed by atoms with Crippen LogP contribution in [0.5, 0.6) is 0 Å². The molecule has 13 heavy (non-hydrogen) atoms. The van der Waals surface area contributed by atoms with Crippen molar-refractivity contribution >= 4 is 23.5 Å². The van der Waals surface area contributed by atoms with Gasteiger partial charge in [0.15, 0.2) is 0 Å². The summed E-state index contributed by atoms with van der Waals surface area (Å²) in [6, 6.07) is 4.61. The molecule has 0 aliphatic rings. The Morgan fingerprint density at radius 2 is 1.54 bits per heavy atom. The minimum atomic E-state index is 0.161. The van der Waals surface area contributed by atoms with Gasteiger partial charge in [-0.05, 0) is 12.1 Å². The minimum Gasteiger partial charge on any atom is -0.211 e. The number of benzene rings is 1. The highest BCUT2D eigenvalue weighted by Crippen LogP contribution is 2.26. The first-order chi connectivity index (χ1) is 6.29. The molecule has 0 amide bonds. The molecule has 0 bridgehead atoms. The fourth-order valence-electron chi connectivity index (χ4n) is 0.835. The van der Waals surface area contributed by atoms with Crippen LogP contribution in [0.25, 0.3) is 0 Å². The van der Waals surface area contributed by atoms with Gasteiger partial charge in [0.2, 0.25) is 12.2 Å². The highest BCUT2D eigenvalue weighted by Gasteiger charge is 2.01. The predicted octanol–water partition coefficient (Wildman–Crippen LogP) is 1.68. The lowest BCUT2D eigenvalue weighted by Crippen LogP contribution is -1.75. The monoisotopic (exact) mass is 172 g/mol. The van der Waals surface area contributed by atoms with E-state index in [1.165, 1.54) is 24.3 Å². The second-order valence-corrected chi connectivity index (χ2v) is 2.12. The first-order valence-electron chi connectivity index (χ1n) is 3.34. The van der Waals surface area contributed by atoms with Crippen molar-refractivity contribution in [2.24, 2.45) is 9.98 Å². The zero-order chi connectivity index (χ0) is 9.68. The van der Waals surface area contributed by atoms with Gasteiger partial charge >= 0.3 is 0 Å². The van der Waals surface area contributed by atoms with Gasteiger partial charge in [-0.1, -0.05) is 6.07 Å². The average Bonchev–Trinajstić information content (AvgIpc) is 2.13. The largest absolute Gasteiger partial charge is 0.240 e. The zero-order valence-electron chi connectivity index (χ0n) is 6.52. The summed E-state index contributed by atoms with van der Waals surface area (Å²) in [4.78, 5) is 26.5. The third kappa shape index (κ3) is 1.97. The third-order valence-corrected chi connectivity index (χ3v) is 1.39. The molecule has 0 heterocycles. The van der Waals surface area contributed by atoms with Crippen LogP contribution in [-0.4, -0.2) is 12.2 Å². The lowest BCUT2D eigenvalue weighted by atomic mass is 10.1. The van der Waals surface area contributed by atoms with Crippen LogP contribution < -0.4 is 0 Å². The van der Waals surface area contributed by atoms with Gasteiger partial charge in [0, 0.05) is 12.5 Å². The molecule has 0 saturated heterocycles. The number of isocyanates is 2. The van der Waals surface area contributed by atoms with E-state index in [4.69, 9.17) is 6.92 Å². The molecule has 0 N–H and O–H groups in total. The van der Waals surface area contributed by atoms with Crippen LogP contribution in [-0.2, 0) is 9.59 Å². The molecule has 4 heteroatoms. The summed E-state index contributed by atoms with van der Waals surface area (Å²) < 4.78 is 0. The molecular weight excluding hydrogens is 168 g/mol. The van der Waals surface area contributed by atoms with Crippen LogP contribution in [0.15, 0.2) is 28.2 Å². The molecule has 2 radical (unpaired) electrons. The van der Waals surface area contributed by atoms with E-state index in [-0.39, 0.29) is 16.9 Å². The van der Waals surface area contributed by atoms with E-state index in [9.17, 15) is 9.59 Å². The van der Waals surface area contributed by atoms with Crippen LogP contribution in [0.2, 0.25) is 0 Å². The number of aliphatic imine (C=N–C) groups is 2. The van der Waals surface area contributed by atoms with E-state index < -0.39 is 0 Å². The Morgan fingerprint density at radius 3 is 1.92 bits per heavy atom. The number of carbonyl (C=O) groups excluding carboxylic acids is 2. The summed E-state index contributed by atoms with van der Waals surface area (Å²) in [5.41, 5.74) is 0.646. The van der Waals surface area contributed by atoms with E-state index in [1.807, 2.05) is 0 Å². The maximum atomic E-state index is 9.94. The molecule has 0 aromatic heterocycles. The van der Waals surface area contributed by atoms with Crippen molar-refractivity contribution in [1.29, 1.82) is 0 Å². The van der Waals surface area contributed by atoms with Gasteiger partial charge in [-0.25, -0.2) is 9.59 Å². The van der Waals surface area contributed by atoms with E-state index in [1.54, 1.807) is 6.07 Å². The van der Waals surface area contributed by atoms with Crippen molar-refractivity contribution < 1.29 is 9.59 Å². The second-order valence-electron chi connectivity index (χ2n) is 2.12. The first-order valence-corrected chi connectivity index (χ1v) is 3.34. The van der Waals surface area contributed by atoms with Gasteiger partial charge in [-0.2, -0.15) is 9.98 Å². The van der Waals surface area contributed by atoms with Crippen molar-refractivity contribution in [2.75, 3.05) is 0 Å². The summed E-state index contributed by atoms with van der Waals surface area (Å²) in [7, 11) is 0. The second kappa shape index (κ2) is 4.12. The van der Waals surface area contributed by atoms with E-state index in [0.717, 1.165) is 0 Å². The first kappa shape index (κ1) is 9.07. The molecule has 1 rings (SSSR count). The number of rotatable bonds is 2. The van der Waals surface area contributed by atoms with E-state index in [0.29, 0.717) is 0 Å². The molecule has 1 aromatic rings. The summed E-state index contributed by atoms with van der Waals surface area (Å²) in [5, 5.41) is 0. The number of hydrogen-bond acceptors (Lipinski definition) is 4. The van der Waals surface area contributed by atoms with Crippen molar-refractivity contribution in [3.05, 3.63) is 30.7 Å². The van der Waals surface area contributed by atoms with Crippen LogP contribution >= 0.6 is 0 Å². The van der Waals surface area contributed by atoms with Crippen molar-refractivity contribution in [1.82, 2.24) is 0 Å². The topological polar surface area (TPSA) is 58.9 Å². The summed E-state index contributed by atoms with van der Waals surface area (Å²) in [6.07, 6.45) is 2.70. The zero-order valence-corrected chi connectivity index (χ0v) is 6.52. The molecule has 0 spiro atoms. The maximum absolute atomic E-state index is 9.94. The lowest BCUT2D eigenvalue weighted by Gasteiger charge is -1.98. The fraction of sp³-hybridized carbons (Fsp3) is 0. The standard InChI is InChI=1S/C9H4N2O2/c1-7-8(10-5-12)3-2-4-9(7)11-6-13/h1-4H. The summed E-state index contributed by atoms with van der Waals surface area (Å²) in [5.74, 6) is 0. The molecule has 0 aliphatic carbocycles.